The second kappa shape index (κ2) is 10.4. The fraction of sp³-hybridized carbons (Fsp3) is 0.462. The number of thiophene rings is 1. The third-order valence-corrected chi connectivity index (χ3v) is 7.79. The summed E-state index contributed by atoms with van der Waals surface area (Å²) in [7, 11) is 0. The summed E-state index contributed by atoms with van der Waals surface area (Å²) in [6.07, 6.45) is 3.07. The predicted octanol–water partition coefficient (Wildman–Crippen LogP) is 4.53. The van der Waals surface area contributed by atoms with Crippen LogP contribution in [0.15, 0.2) is 40.5 Å². The number of rotatable bonds is 9. The molecule has 4 heterocycles. The first-order valence-corrected chi connectivity index (χ1v) is 13.2. The Morgan fingerprint density at radius 3 is 2.86 bits per heavy atom. The first-order chi connectivity index (χ1) is 17.0. The first-order valence-electron chi connectivity index (χ1n) is 12.3. The molecule has 0 aliphatic carbocycles. The number of aromatic nitrogens is 5. The molecule has 0 spiro atoms. The van der Waals surface area contributed by atoms with Crippen LogP contribution < -0.4 is 5.56 Å². The lowest BCUT2D eigenvalue weighted by atomic mass is 10.0. The van der Waals surface area contributed by atoms with Crippen LogP contribution in [0.3, 0.4) is 0 Å². The Labute approximate surface area is 208 Å². The van der Waals surface area contributed by atoms with Gasteiger partial charge < -0.3 is 9.72 Å². The van der Waals surface area contributed by atoms with Crippen molar-refractivity contribution in [2.45, 2.75) is 71.8 Å². The van der Waals surface area contributed by atoms with Crippen LogP contribution in [0.5, 0.6) is 0 Å². The monoisotopic (exact) mass is 492 g/mol. The average molecular weight is 493 g/mol. The van der Waals surface area contributed by atoms with Crippen LogP contribution in [0.1, 0.15) is 59.6 Å². The number of aryl methyl sites for hydroxylation is 2. The zero-order valence-electron chi connectivity index (χ0n) is 20.5. The van der Waals surface area contributed by atoms with Gasteiger partial charge in [-0.2, -0.15) is 0 Å². The zero-order valence-corrected chi connectivity index (χ0v) is 21.3. The summed E-state index contributed by atoms with van der Waals surface area (Å²) in [5.41, 5.74) is 3.95. The molecule has 3 aromatic heterocycles. The second-order valence-electron chi connectivity index (χ2n) is 9.41. The van der Waals surface area contributed by atoms with Gasteiger partial charge in [-0.1, -0.05) is 13.0 Å². The fourth-order valence-electron chi connectivity index (χ4n) is 4.90. The number of benzene rings is 1. The first kappa shape index (κ1) is 23.8. The molecule has 184 valence electrons. The molecule has 9 heteroatoms. The van der Waals surface area contributed by atoms with E-state index in [0.717, 1.165) is 48.2 Å². The normalized spacial score (nSPS) is 17.0. The lowest BCUT2D eigenvalue weighted by Crippen LogP contribution is -2.33. The minimum atomic E-state index is -0.0502. The smallest absolute Gasteiger partial charge is 0.252 e. The number of nitrogens with zero attached hydrogens (tertiary/aromatic N) is 5. The molecular weight excluding hydrogens is 460 g/mol. The van der Waals surface area contributed by atoms with Crippen LogP contribution in [0.4, 0.5) is 0 Å². The van der Waals surface area contributed by atoms with Crippen molar-refractivity contribution in [2.24, 2.45) is 0 Å². The van der Waals surface area contributed by atoms with Gasteiger partial charge in [-0.05, 0) is 89.7 Å². The van der Waals surface area contributed by atoms with Gasteiger partial charge in [-0.3, -0.25) is 9.69 Å². The Kier molecular flexibility index (Phi) is 7.08. The maximum atomic E-state index is 13.1. The number of hydrogen-bond acceptors (Lipinski definition) is 7. The van der Waals surface area contributed by atoms with E-state index in [1.807, 2.05) is 16.8 Å². The molecule has 5 rings (SSSR count). The van der Waals surface area contributed by atoms with Crippen LogP contribution in [-0.2, 0) is 24.4 Å². The molecule has 1 N–H and O–H groups in total. The summed E-state index contributed by atoms with van der Waals surface area (Å²) >= 11 is 1.72. The van der Waals surface area contributed by atoms with E-state index in [1.54, 1.807) is 11.3 Å². The third-order valence-electron chi connectivity index (χ3n) is 6.93. The van der Waals surface area contributed by atoms with Crippen molar-refractivity contribution in [3.63, 3.8) is 0 Å². The van der Waals surface area contributed by atoms with Gasteiger partial charge in [0.1, 0.15) is 0 Å². The third kappa shape index (κ3) is 5.22. The maximum Gasteiger partial charge on any atom is 0.252 e. The molecule has 1 fully saturated rings. The molecule has 4 aromatic rings. The molecule has 1 saturated heterocycles. The van der Waals surface area contributed by atoms with E-state index in [-0.39, 0.29) is 17.7 Å². The van der Waals surface area contributed by atoms with Gasteiger partial charge in [-0.25, -0.2) is 4.68 Å². The molecule has 0 radical (unpaired) electrons. The number of nitrogens with one attached hydrogen (secondary N) is 1. The van der Waals surface area contributed by atoms with Gasteiger partial charge in [-0.15, -0.1) is 16.4 Å². The van der Waals surface area contributed by atoms with Crippen molar-refractivity contribution in [1.82, 2.24) is 30.1 Å². The van der Waals surface area contributed by atoms with Crippen LogP contribution in [0, 0.1) is 13.8 Å². The molecule has 1 aromatic carbocycles. The van der Waals surface area contributed by atoms with Crippen molar-refractivity contribution in [3.8, 4) is 0 Å². The van der Waals surface area contributed by atoms with Crippen molar-refractivity contribution >= 4 is 22.2 Å². The topological polar surface area (TPSA) is 88.9 Å². The summed E-state index contributed by atoms with van der Waals surface area (Å²) in [6, 6.07) is 10.4. The highest BCUT2D eigenvalue weighted by molar-refractivity contribution is 7.09. The lowest BCUT2D eigenvalue weighted by Gasteiger charge is -2.30. The van der Waals surface area contributed by atoms with E-state index in [1.165, 1.54) is 16.0 Å². The lowest BCUT2D eigenvalue weighted by molar-refractivity contribution is 0.0889. The molecule has 0 bridgehead atoms. The van der Waals surface area contributed by atoms with E-state index in [2.05, 4.69) is 69.8 Å². The zero-order chi connectivity index (χ0) is 24.4. The summed E-state index contributed by atoms with van der Waals surface area (Å²) in [6.45, 7) is 8.98. The Hall–Kier alpha value is -2.88. The van der Waals surface area contributed by atoms with Crippen LogP contribution >= 0.6 is 11.3 Å². The molecule has 0 amide bonds. The molecule has 1 aliphatic rings. The SMILES string of the molecule is CCC(c1nnnn1CC1CCCO1)N(Cc1cccs1)Cc1cc2cc(C)c(C)cc2[nH]c1=O. The minimum absolute atomic E-state index is 0.0386. The summed E-state index contributed by atoms with van der Waals surface area (Å²) in [4.78, 5) is 19.8. The van der Waals surface area contributed by atoms with Crippen molar-refractivity contribution in [2.75, 3.05) is 6.61 Å². The van der Waals surface area contributed by atoms with Crippen LogP contribution in [-0.4, -0.2) is 42.8 Å². The maximum absolute atomic E-state index is 13.1. The van der Waals surface area contributed by atoms with E-state index in [4.69, 9.17) is 4.74 Å². The van der Waals surface area contributed by atoms with E-state index in [9.17, 15) is 4.79 Å². The van der Waals surface area contributed by atoms with Crippen molar-refractivity contribution in [1.29, 1.82) is 0 Å². The van der Waals surface area contributed by atoms with Gasteiger partial charge in [0.05, 0.1) is 18.7 Å². The average Bonchev–Trinajstić information content (AvgIpc) is 3.61. The van der Waals surface area contributed by atoms with Crippen molar-refractivity contribution in [3.05, 3.63) is 73.5 Å². The second-order valence-corrected chi connectivity index (χ2v) is 10.4. The number of pyridine rings is 1. The Morgan fingerprint density at radius 2 is 2.11 bits per heavy atom. The number of H-pyrrole nitrogens is 1. The Bertz CT molecular complexity index is 1340. The highest BCUT2D eigenvalue weighted by atomic mass is 32.1. The van der Waals surface area contributed by atoms with E-state index < -0.39 is 0 Å². The predicted molar refractivity (Wildman–Crippen MR) is 137 cm³/mol. The summed E-state index contributed by atoms with van der Waals surface area (Å²) < 4.78 is 7.73. The number of ether oxygens (including phenoxy) is 1. The Morgan fingerprint density at radius 1 is 1.26 bits per heavy atom. The van der Waals surface area contributed by atoms with Gasteiger partial charge in [0.15, 0.2) is 5.82 Å². The number of aromatic amines is 1. The highest BCUT2D eigenvalue weighted by Gasteiger charge is 2.28. The highest BCUT2D eigenvalue weighted by Crippen LogP contribution is 2.28. The van der Waals surface area contributed by atoms with E-state index >= 15 is 0 Å². The number of hydrogen-bond donors (Lipinski definition) is 1. The standard InChI is InChI=1S/C26H32N6O2S/c1-4-24(25-28-29-30-32(25)15-21-7-5-9-34-21)31(16-22-8-6-10-35-22)14-20-13-19-11-17(2)18(3)12-23(19)27-26(20)33/h6,8,10-13,21,24H,4-5,7,9,14-16H2,1-3H3,(H,27,33). The number of tetrazole rings is 1. The summed E-state index contributed by atoms with van der Waals surface area (Å²) in [5.74, 6) is 0.822. The van der Waals surface area contributed by atoms with Crippen molar-refractivity contribution < 1.29 is 4.74 Å². The molecule has 0 saturated carbocycles. The molecular formula is C26H32N6O2S. The van der Waals surface area contributed by atoms with Crippen LogP contribution in [0.25, 0.3) is 10.9 Å². The fourth-order valence-corrected chi connectivity index (χ4v) is 5.63. The van der Waals surface area contributed by atoms with Gasteiger partial charge in [0, 0.05) is 35.7 Å². The Balaban J connectivity index is 1.49. The number of fused-ring (bicyclic) bond motifs is 1. The molecule has 2 atom stereocenters. The van der Waals surface area contributed by atoms with Gasteiger partial charge in [0.25, 0.3) is 5.56 Å². The quantitative estimate of drug-likeness (QED) is 0.369. The molecule has 1 aliphatic heterocycles. The molecule has 35 heavy (non-hydrogen) atoms. The molecule has 8 nitrogen and oxygen atoms in total. The molecule has 2 unspecified atom stereocenters. The largest absolute Gasteiger partial charge is 0.376 e. The van der Waals surface area contributed by atoms with E-state index in [0.29, 0.717) is 19.6 Å². The van der Waals surface area contributed by atoms with Gasteiger partial charge in [0.2, 0.25) is 0 Å². The van der Waals surface area contributed by atoms with Gasteiger partial charge >= 0.3 is 0 Å². The minimum Gasteiger partial charge on any atom is -0.376 e. The van der Waals surface area contributed by atoms with Crippen LogP contribution in [0.2, 0.25) is 0 Å². The summed E-state index contributed by atoms with van der Waals surface area (Å²) in [5, 5.41) is 15.9.